The topological polar surface area (TPSA) is 105 Å². The Balaban J connectivity index is 1.48. The Labute approximate surface area is 150 Å². The quantitative estimate of drug-likeness (QED) is 0.586. The number of imide groups is 1. The van der Waals surface area contributed by atoms with E-state index in [2.05, 4.69) is 10.6 Å². The maximum absolute atomic E-state index is 12.4. The molecule has 0 unspecified atom stereocenters. The van der Waals surface area contributed by atoms with Gasteiger partial charge < -0.3 is 15.4 Å². The van der Waals surface area contributed by atoms with Gasteiger partial charge in [-0.15, -0.1) is 0 Å². The number of amides is 4. The number of carbonyl (C=O) groups is 4. The van der Waals surface area contributed by atoms with Crippen molar-refractivity contribution in [2.24, 2.45) is 5.92 Å². The number of rotatable bonds is 6. The van der Waals surface area contributed by atoms with Gasteiger partial charge in [0.1, 0.15) is 12.1 Å². The van der Waals surface area contributed by atoms with E-state index >= 15 is 0 Å². The van der Waals surface area contributed by atoms with Crippen LogP contribution in [0.25, 0.3) is 0 Å². The molecule has 1 heterocycles. The van der Waals surface area contributed by atoms with E-state index in [-0.39, 0.29) is 5.92 Å². The predicted octanol–water partition coefficient (Wildman–Crippen LogP) is 1.20. The normalized spacial score (nSPS) is 22.2. The van der Waals surface area contributed by atoms with E-state index in [1.807, 2.05) is 19.1 Å². The van der Waals surface area contributed by atoms with Crippen molar-refractivity contribution < 1.29 is 23.9 Å². The van der Waals surface area contributed by atoms with Gasteiger partial charge in [-0.25, -0.2) is 4.79 Å². The summed E-state index contributed by atoms with van der Waals surface area (Å²) in [6, 6.07) is 6.55. The molecule has 1 saturated heterocycles. The van der Waals surface area contributed by atoms with Crippen LogP contribution in [-0.2, 0) is 19.1 Å². The number of aryl methyl sites for hydroxylation is 1. The number of nitrogens with zero attached hydrogens (tertiary/aromatic N) is 1. The SMILES string of the molecule is Cc1ccc(NC(=O)COC(=O)CN2C(=O)N[C@](C)(C3CC3)C2=O)cc1. The van der Waals surface area contributed by atoms with Crippen molar-refractivity contribution in [2.75, 3.05) is 18.5 Å². The van der Waals surface area contributed by atoms with Gasteiger partial charge in [-0.2, -0.15) is 0 Å². The van der Waals surface area contributed by atoms with Crippen molar-refractivity contribution in [1.29, 1.82) is 0 Å². The van der Waals surface area contributed by atoms with Gasteiger partial charge >= 0.3 is 12.0 Å². The zero-order chi connectivity index (χ0) is 18.9. The molecule has 0 aromatic heterocycles. The van der Waals surface area contributed by atoms with Gasteiger partial charge in [0.05, 0.1) is 0 Å². The second kappa shape index (κ2) is 6.78. The van der Waals surface area contributed by atoms with Crippen LogP contribution in [0, 0.1) is 12.8 Å². The van der Waals surface area contributed by atoms with E-state index in [4.69, 9.17) is 4.74 Å². The molecule has 8 heteroatoms. The summed E-state index contributed by atoms with van der Waals surface area (Å²) in [5.74, 6) is -1.62. The summed E-state index contributed by atoms with van der Waals surface area (Å²) >= 11 is 0. The van der Waals surface area contributed by atoms with Gasteiger partial charge in [-0.3, -0.25) is 19.3 Å². The largest absolute Gasteiger partial charge is 0.454 e. The number of urea groups is 1. The van der Waals surface area contributed by atoms with Crippen LogP contribution in [0.1, 0.15) is 25.3 Å². The van der Waals surface area contributed by atoms with Crippen molar-refractivity contribution in [2.45, 2.75) is 32.2 Å². The van der Waals surface area contributed by atoms with Crippen molar-refractivity contribution in [3.05, 3.63) is 29.8 Å². The lowest BCUT2D eigenvalue weighted by atomic mass is 9.96. The average molecular weight is 359 g/mol. The zero-order valence-corrected chi connectivity index (χ0v) is 14.7. The Morgan fingerprint density at radius 2 is 1.92 bits per heavy atom. The highest BCUT2D eigenvalue weighted by atomic mass is 16.5. The molecule has 1 atom stereocenters. The van der Waals surface area contributed by atoms with Crippen LogP contribution in [0.15, 0.2) is 24.3 Å². The first-order valence-electron chi connectivity index (χ1n) is 8.46. The second-order valence-corrected chi connectivity index (χ2v) is 6.87. The average Bonchev–Trinajstić information content (AvgIpc) is 3.41. The van der Waals surface area contributed by atoms with E-state index < -0.39 is 42.5 Å². The molecule has 4 amide bonds. The molecule has 3 rings (SSSR count). The molecule has 0 radical (unpaired) electrons. The van der Waals surface area contributed by atoms with Gasteiger partial charge in [-0.1, -0.05) is 17.7 Å². The fraction of sp³-hybridized carbons (Fsp3) is 0.444. The summed E-state index contributed by atoms with van der Waals surface area (Å²) in [4.78, 5) is 49.0. The molecular formula is C18H21N3O5. The third kappa shape index (κ3) is 3.68. The van der Waals surface area contributed by atoms with Gasteiger partial charge in [0, 0.05) is 5.69 Å². The lowest BCUT2D eigenvalue weighted by Crippen LogP contribution is -2.46. The number of anilines is 1. The minimum atomic E-state index is -0.944. The molecule has 1 aromatic carbocycles. The molecule has 2 fully saturated rings. The Morgan fingerprint density at radius 1 is 1.27 bits per heavy atom. The fourth-order valence-electron chi connectivity index (χ4n) is 2.95. The number of ether oxygens (including phenoxy) is 1. The van der Waals surface area contributed by atoms with Crippen LogP contribution in [0.3, 0.4) is 0 Å². The highest BCUT2D eigenvalue weighted by molar-refractivity contribution is 6.09. The molecule has 138 valence electrons. The van der Waals surface area contributed by atoms with Crippen LogP contribution < -0.4 is 10.6 Å². The lowest BCUT2D eigenvalue weighted by Gasteiger charge is -2.20. The summed E-state index contributed by atoms with van der Waals surface area (Å²) in [6.45, 7) is 2.60. The van der Waals surface area contributed by atoms with E-state index in [1.54, 1.807) is 19.1 Å². The third-order valence-corrected chi connectivity index (χ3v) is 4.68. The summed E-state index contributed by atoms with van der Waals surface area (Å²) in [5.41, 5.74) is 0.701. The van der Waals surface area contributed by atoms with Gasteiger partial charge in [0.15, 0.2) is 6.61 Å². The van der Waals surface area contributed by atoms with E-state index in [1.165, 1.54) is 0 Å². The first-order chi connectivity index (χ1) is 12.3. The number of benzene rings is 1. The van der Waals surface area contributed by atoms with Crippen molar-refractivity contribution in [1.82, 2.24) is 10.2 Å². The lowest BCUT2D eigenvalue weighted by molar-refractivity contribution is -0.150. The highest BCUT2D eigenvalue weighted by Gasteiger charge is 2.56. The maximum atomic E-state index is 12.4. The summed E-state index contributed by atoms with van der Waals surface area (Å²) in [7, 11) is 0. The van der Waals surface area contributed by atoms with Gasteiger partial charge in [0.2, 0.25) is 0 Å². The van der Waals surface area contributed by atoms with E-state index in [0.717, 1.165) is 23.3 Å². The van der Waals surface area contributed by atoms with Crippen LogP contribution in [0.4, 0.5) is 10.5 Å². The molecule has 1 aliphatic carbocycles. The summed E-state index contributed by atoms with van der Waals surface area (Å²) in [5, 5.41) is 5.25. The number of nitrogens with one attached hydrogen (secondary N) is 2. The molecule has 1 aliphatic heterocycles. The van der Waals surface area contributed by atoms with Crippen LogP contribution in [-0.4, -0.2) is 47.4 Å². The predicted molar refractivity (Wildman–Crippen MR) is 92.1 cm³/mol. The molecule has 1 saturated carbocycles. The Morgan fingerprint density at radius 3 is 2.54 bits per heavy atom. The van der Waals surface area contributed by atoms with Crippen molar-refractivity contribution >= 4 is 29.5 Å². The van der Waals surface area contributed by atoms with E-state index in [9.17, 15) is 19.2 Å². The van der Waals surface area contributed by atoms with E-state index in [0.29, 0.717) is 5.69 Å². The van der Waals surface area contributed by atoms with Gasteiger partial charge in [0.25, 0.3) is 11.8 Å². The molecule has 2 aliphatic rings. The van der Waals surface area contributed by atoms with Crippen molar-refractivity contribution in [3.63, 3.8) is 0 Å². The molecule has 2 N–H and O–H groups in total. The third-order valence-electron chi connectivity index (χ3n) is 4.68. The second-order valence-electron chi connectivity index (χ2n) is 6.87. The number of hydrogen-bond donors (Lipinski definition) is 2. The van der Waals surface area contributed by atoms with Crippen LogP contribution >= 0.6 is 0 Å². The van der Waals surface area contributed by atoms with Crippen LogP contribution in [0.2, 0.25) is 0 Å². The summed E-state index contributed by atoms with van der Waals surface area (Å²) in [6.07, 6.45) is 1.75. The van der Waals surface area contributed by atoms with Crippen molar-refractivity contribution in [3.8, 4) is 0 Å². The standard InChI is InChI=1S/C18H21N3O5/c1-11-3-7-13(8-4-11)19-14(22)10-26-15(23)9-21-16(24)18(2,12-5-6-12)20-17(21)25/h3-4,7-8,12H,5-6,9-10H2,1-2H3,(H,19,22)(H,20,25)/t18-/m1/s1. The first-order valence-corrected chi connectivity index (χ1v) is 8.46. The minimum absolute atomic E-state index is 0.111. The number of carbonyl (C=O) groups excluding carboxylic acids is 4. The van der Waals surface area contributed by atoms with Crippen LogP contribution in [0.5, 0.6) is 0 Å². The maximum Gasteiger partial charge on any atom is 0.326 e. The number of esters is 1. The molecule has 0 spiro atoms. The Hall–Kier alpha value is -2.90. The monoisotopic (exact) mass is 359 g/mol. The zero-order valence-electron chi connectivity index (χ0n) is 14.7. The molecule has 8 nitrogen and oxygen atoms in total. The Kier molecular flexibility index (Phi) is 4.67. The summed E-state index contributed by atoms with van der Waals surface area (Å²) < 4.78 is 4.88. The molecule has 1 aromatic rings. The first kappa shape index (κ1) is 17.9. The molecule has 0 bridgehead atoms. The Bertz CT molecular complexity index is 757. The number of hydrogen-bond acceptors (Lipinski definition) is 5. The highest BCUT2D eigenvalue weighted by Crippen LogP contribution is 2.42. The molecule has 26 heavy (non-hydrogen) atoms. The van der Waals surface area contributed by atoms with Gasteiger partial charge in [-0.05, 0) is 44.7 Å². The fourth-order valence-corrected chi connectivity index (χ4v) is 2.95. The molecular weight excluding hydrogens is 338 g/mol. The minimum Gasteiger partial charge on any atom is -0.454 e. The smallest absolute Gasteiger partial charge is 0.326 e.